The van der Waals surface area contributed by atoms with Crippen LogP contribution < -0.4 is 0 Å². The molecule has 0 fully saturated rings. The normalized spacial score (nSPS) is 20.4. The van der Waals surface area contributed by atoms with Crippen LogP contribution in [-0.4, -0.2) is 21.0 Å². The summed E-state index contributed by atoms with van der Waals surface area (Å²) in [5.41, 5.74) is 7.25. The molecular weight excluding hydrogens is 340 g/mol. The first-order chi connectivity index (χ1) is 12.3. The summed E-state index contributed by atoms with van der Waals surface area (Å²) in [6.45, 7) is 12.6. The summed E-state index contributed by atoms with van der Waals surface area (Å²) in [5.74, 6) is 1.31. The minimum absolute atomic E-state index is 0.170. The third-order valence-corrected chi connectivity index (χ3v) is 7.29. The molecular formula is C23H34O2S. The van der Waals surface area contributed by atoms with E-state index in [1.54, 1.807) is 0 Å². The van der Waals surface area contributed by atoms with Crippen molar-refractivity contribution in [3.63, 3.8) is 0 Å². The summed E-state index contributed by atoms with van der Waals surface area (Å²) in [6.07, 6.45) is 4.32. The second-order valence-electron chi connectivity index (χ2n) is 7.73. The molecule has 1 aliphatic rings. The van der Waals surface area contributed by atoms with Gasteiger partial charge in [0.05, 0.1) is 0 Å². The maximum Gasteiger partial charge on any atom is 0.163 e. The second kappa shape index (κ2) is 9.12. The first kappa shape index (κ1) is 21.1. The highest BCUT2D eigenvalue weighted by Gasteiger charge is 2.30. The lowest BCUT2D eigenvalue weighted by atomic mass is 9.76. The maximum absolute atomic E-state index is 13.1. The first-order valence-electron chi connectivity index (χ1n) is 10.0. The smallest absolute Gasteiger partial charge is 0.163 e. The van der Waals surface area contributed by atoms with Crippen LogP contribution in [0.4, 0.5) is 0 Å². The van der Waals surface area contributed by atoms with Gasteiger partial charge in [-0.1, -0.05) is 51.0 Å². The molecule has 0 saturated heterocycles. The lowest BCUT2D eigenvalue weighted by Crippen LogP contribution is -2.24. The van der Waals surface area contributed by atoms with E-state index < -0.39 is 10.8 Å². The maximum atomic E-state index is 13.1. The zero-order chi connectivity index (χ0) is 19.4. The predicted molar refractivity (Wildman–Crippen MR) is 113 cm³/mol. The Balaban J connectivity index is 2.38. The molecule has 144 valence electrons. The first-order valence-corrected chi connectivity index (χ1v) is 11.4. The van der Waals surface area contributed by atoms with Crippen LogP contribution in [0.1, 0.15) is 76.1 Å². The monoisotopic (exact) mass is 374 g/mol. The van der Waals surface area contributed by atoms with Gasteiger partial charge in [0.1, 0.15) is 0 Å². The van der Waals surface area contributed by atoms with E-state index in [0.29, 0.717) is 18.1 Å². The number of allylic oxidation sites excluding steroid dienone is 2. The largest absolute Gasteiger partial charge is 0.294 e. The molecule has 3 atom stereocenters. The quantitative estimate of drug-likeness (QED) is 0.638. The fourth-order valence-electron chi connectivity index (χ4n) is 4.41. The third-order valence-electron chi connectivity index (χ3n) is 5.63. The zero-order valence-corrected chi connectivity index (χ0v) is 18.1. The molecule has 0 saturated carbocycles. The Kier molecular flexibility index (Phi) is 7.40. The second-order valence-corrected chi connectivity index (χ2v) is 9.88. The van der Waals surface area contributed by atoms with Crippen molar-refractivity contribution in [3.8, 4) is 0 Å². The number of carbonyl (C=O) groups excluding carboxylic acids is 1. The van der Waals surface area contributed by atoms with Gasteiger partial charge in [-0.3, -0.25) is 9.00 Å². The molecule has 0 heterocycles. The molecule has 0 bridgehead atoms. The van der Waals surface area contributed by atoms with E-state index in [1.165, 1.54) is 27.8 Å². The van der Waals surface area contributed by atoms with Crippen LogP contribution in [0.15, 0.2) is 17.7 Å². The van der Waals surface area contributed by atoms with Crippen molar-refractivity contribution in [1.29, 1.82) is 0 Å². The minimum atomic E-state index is -0.781. The Morgan fingerprint density at radius 3 is 2.12 bits per heavy atom. The number of carbonyl (C=O) groups is 1. The average Bonchev–Trinajstić information content (AvgIpc) is 2.60. The van der Waals surface area contributed by atoms with Crippen molar-refractivity contribution in [2.45, 2.75) is 78.9 Å². The highest BCUT2D eigenvalue weighted by Crippen LogP contribution is 2.38. The van der Waals surface area contributed by atoms with Gasteiger partial charge in [0.25, 0.3) is 0 Å². The molecule has 1 aromatic carbocycles. The van der Waals surface area contributed by atoms with Crippen LogP contribution in [0.2, 0.25) is 0 Å². The van der Waals surface area contributed by atoms with Gasteiger partial charge in [0, 0.05) is 33.8 Å². The lowest BCUT2D eigenvalue weighted by molar-refractivity contribution is -0.115. The summed E-state index contributed by atoms with van der Waals surface area (Å²) < 4.78 is 12.0. The Hall–Kier alpha value is -1.22. The number of aryl methyl sites for hydroxylation is 3. The summed E-state index contributed by atoms with van der Waals surface area (Å²) in [7, 11) is -0.781. The van der Waals surface area contributed by atoms with Gasteiger partial charge < -0.3 is 0 Å². The van der Waals surface area contributed by atoms with Crippen molar-refractivity contribution >= 4 is 22.2 Å². The van der Waals surface area contributed by atoms with Gasteiger partial charge in [-0.2, -0.15) is 0 Å². The van der Waals surface area contributed by atoms with Crippen LogP contribution in [-0.2, 0) is 28.4 Å². The highest BCUT2D eigenvalue weighted by molar-refractivity contribution is 7.85. The van der Waals surface area contributed by atoms with E-state index in [4.69, 9.17) is 0 Å². The molecule has 26 heavy (non-hydrogen) atoms. The Bertz CT molecular complexity index is 705. The number of rotatable bonds is 7. The summed E-state index contributed by atoms with van der Waals surface area (Å²) in [5, 5.41) is 0.170. The van der Waals surface area contributed by atoms with Crippen molar-refractivity contribution in [3.05, 3.63) is 40.0 Å². The van der Waals surface area contributed by atoms with Crippen molar-refractivity contribution in [2.24, 2.45) is 5.92 Å². The fraction of sp³-hybridized carbons (Fsp3) is 0.609. The number of hydrogen-bond acceptors (Lipinski definition) is 2. The molecule has 0 spiro atoms. The number of Topliss-reactive ketones (excluding diaryl/α,β-unsaturated/α-hetero) is 1. The molecule has 2 nitrogen and oxygen atoms in total. The predicted octanol–water partition coefficient (Wildman–Crippen LogP) is 5.42. The van der Waals surface area contributed by atoms with E-state index in [9.17, 15) is 9.00 Å². The van der Waals surface area contributed by atoms with Crippen molar-refractivity contribution in [2.75, 3.05) is 5.75 Å². The molecule has 0 amide bonds. The Morgan fingerprint density at radius 2 is 1.65 bits per heavy atom. The zero-order valence-electron chi connectivity index (χ0n) is 17.3. The van der Waals surface area contributed by atoms with Gasteiger partial charge in [-0.25, -0.2) is 0 Å². The average molecular weight is 375 g/mol. The fourth-order valence-corrected chi connectivity index (χ4v) is 5.47. The summed E-state index contributed by atoms with van der Waals surface area (Å²) in [4.78, 5) is 13.1. The number of benzene rings is 1. The van der Waals surface area contributed by atoms with Crippen LogP contribution in [0.3, 0.4) is 0 Å². The van der Waals surface area contributed by atoms with Gasteiger partial charge in [0.15, 0.2) is 5.78 Å². The standard InChI is InChI=1S/C23H34O2S/c1-7-19-10-15(4)11-20(8-2)23(19)22-16(5)12-18(14-21(22)24)13-17(6)26(25)9-3/h10-11,17-18H,7-9,12-14H2,1-6H3. The van der Waals surface area contributed by atoms with E-state index in [0.717, 1.165) is 31.3 Å². The molecule has 0 radical (unpaired) electrons. The molecule has 0 aromatic heterocycles. The lowest BCUT2D eigenvalue weighted by Gasteiger charge is -2.29. The topological polar surface area (TPSA) is 34.1 Å². The van der Waals surface area contributed by atoms with Crippen molar-refractivity contribution < 1.29 is 9.00 Å². The highest BCUT2D eigenvalue weighted by atomic mass is 32.2. The molecule has 1 aliphatic carbocycles. The van der Waals surface area contributed by atoms with Gasteiger partial charge in [-0.05, 0) is 62.1 Å². The number of hydrogen-bond donors (Lipinski definition) is 0. The van der Waals surface area contributed by atoms with Crippen molar-refractivity contribution in [1.82, 2.24) is 0 Å². The minimum Gasteiger partial charge on any atom is -0.294 e. The third kappa shape index (κ3) is 4.54. The van der Waals surface area contributed by atoms with E-state index in [2.05, 4.69) is 46.8 Å². The summed E-state index contributed by atoms with van der Waals surface area (Å²) >= 11 is 0. The Labute approximate surface area is 161 Å². The van der Waals surface area contributed by atoms with Crippen LogP contribution in [0, 0.1) is 12.8 Å². The van der Waals surface area contributed by atoms with E-state index in [1.807, 2.05) is 6.92 Å². The summed E-state index contributed by atoms with van der Waals surface area (Å²) in [6, 6.07) is 4.47. The Morgan fingerprint density at radius 1 is 1.08 bits per heavy atom. The van der Waals surface area contributed by atoms with Gasteiger partial charge in [0.2, 0.25) is 0 Å². The van der Waals surface area contributed by atoms with E-state index in [-0.39, 0.29) is 11.0 Å². The van der Waals surface area contributed by atoms with Crippen LogP contribution >= 0.6 is 0 Å². The SMILES string of the molecule is CCc1cc(C)cc(CC)c1C1=C(C)CC(CC(C)S(=O)CC)CC1=O. The van der Waals surface area contributed by atoms with Crippen LogP contribution in [0.25, 0.3) is 5.57 Å². The van der Waals surface area contributed by atoms with E-state index >= 15 is 0 Å². The molecule has 3 heteroatoms. The van der Waals surface area contributed by atoms with Crippen LogP contribution in [0.5, 0.6) is 0 Å². The van der Waals surface area contributed by atoms with Gasteiger partial charge >= 0.3 is 0 Å². The molecule has 2 rings (SSSR count). The van der Waals surface area contributed by atoms with Gasteiger partial charge in [-0.15, -0.1) is 0 Å². The molecule has 3 unspecified atom stereocenters. The molecule has 1 aromatic rings. The molecule has 0 aliphatic heterocycles. The number of ketones is 1. The molecule has 0 N–H and O–H groups in total.